The Morgan fingerprint density at radius 2 is 2.36 bits per heavy atom. The normalized spacial score (nSPS) is 21.5. The van der Waals surface area contributed by atoms with Gasteiger partial charge >= 0.3 is 0 Å². The molecule has 0 radical (unpaired) electrons. The molecule has 9 heteroatoms. The van der Waals surface area contributed by atoms with Gasteiger partial charge in [-0.1, -0.05) is 5.16 Å². The van der Waals surface area contributed by atoms with Crippen LogP contribution in [0.4, 0.5) is 4.39 Å². The van der Waals surface area contributed by atoms with Gasteiger partial charge in [0.05, 0.1) is 17.7 Å². The standard InChI is InChI=1S/C16H24FN5O2S/c1-11-14(25-10-18-11)7-22-5-12(17)4-13(22)6-21(2)8-15-19-16(9-23-3)24-20-15/h10,12-13H,4-9H2,1-3H3/t12-,13-/m0/s1. The lowest BCUT2D eigenvalue weighted by Crippen LogP contribution is -2.38. The van der Waals surface area contributed by atoms with Gasteiger partial charge in [0.15, 0.2) is 5.82 Å². The van der Waals surface area contributed by atoms with E-state index in [-0.39, 0.29) is 6.04 Å². The summed E-state index contributed by atoms with van der Waals surface area (Å²) >= 11 is 1.64. The third-order valence-electron chi connectivity index (χ3n) is 4.38. The quantitative estimate of drug-likeness (QED) is 0.705. The fourth-order valence-corrected chi connectivity index (χ4v) is 3.97. The molecule has 1 aliphatic rings. The van der Waals surface area contributed by atoms with Gasteiger partial charge in [0.2, 0.25) is 0 Å². The molecule has 3 heterocycles. The van der Waals surface area contributed by atoms with Crippen LogP contribution in [0.2, 0.25) is 0 Å². The van der Waals surface area contributed by atoms with Crippen LogP contribution in [0.3, 0.4) is 0 Å². The number of ether oxygens (including phenoxy) is 1. The summed E-state index contributed by atoms with van der Waals surface area (Å²) in [5.41, 5.74) is 2.89. The summed E-state index contributed by atoms with van der Waals surface area (Å²) in [6.07, 6.45) is -0.214. The lowest BCUT2D eigenvalue weighted by molar-refractivity contribution is 0.151. The number of rotatable bonds is 8. The van der Waals surface area contributed by atoms with Gasteiger partial charge < -0.3 is 9.26 Å². The number of aromatic nitrogens is 3. The summed E-state index contributed by atoms with van der Waals surface area (Å²) in [6.45, 7) is 4.88. The maximum Gasteiger partial charge on any atom is 0.252 e. The van der Waals surface area contributed by atoms with Crippen LogP contribution in [0.25, 0.3) is 0 Å². The van der Waals surface area contributed by atoms with Gasteiger partial charge in [0.1, 0.15) is 12.8 Å². The zero-order chi connectivity index (χ0) is 17.8. The van der Waals surface area contributed by atoms with Gasteiger partial charge in [-0.25, -0.2) is 9.37 Å². The lowest BCUT2D eigenvalue weighted by Gasteiger charge is -2.27. The Labute approximate surface area is 150 Å². The van der Waals surface area contributed by atoms with Crippen LogP contribution in [-0.4, -0.2) is 64.4 Å². The number of aryl methyl sites for hydroxylation is 1. The molecule has 1 saturated heterocycles. The van der Waals surface area contributed by atoms with Crippen LogP contribution in [0.1, 0.15) is 28.7 Å². The molecule has 1 fully saturated rings. The van der Waals surface area contributed by atoms with Gasteiger partial charge in [0.25, 0.3) is 5.89 Å². The highest BCUT2D eigenvalue weighted by Gasteiger charge is 2.33. The molecule has 2 atom stereocenters. The molecule has 0 aliphatic carbocycles. The number of nitrogens with zero attached hydrogens (tertiary/aromatic N) is 5. The van der Waals surface area contributed by atoms with Crippen molar-refractivity contribution in [2.75, 3.05) is 27.2 Å². The van der Waals surface area contributed by atoms with Crippen molar-refractivity contribution in [1.29, 1.82) is 0 Å². The van der Waals surface area contributed by atoms with E-state index in [0.717, 1.165) is 18.8 Å². The number of likely N-dealkylation sites (tertiary alicyclic amines) is 1. The number of hydrogen-bond donors (Lipinski definition) is 0. The second-order valence-electron chi connectivity index (χ2n) is 6.51. The van der Waals surface area contributed by atoms with E-state index in [9.17, 15) is 4.39 Å². The van der Waals surface area contributed by atoms with Crippen LogP contribution in [-0.2, 0) is 24.4 Å². The van der Waals surface area contributed by atoms with Crippen molar-refractivity contribution in [3.05, 3.63) is 27.8 Å². The highest BCUT2D eigenvalue weighted by Crippen LogP contribution is 2.25. The van der Waals surface area contributed by atoms with Crippen molar-refractivity contribution in [2.45, 2.75) is 45.3 Å². The maximum atomic E-state index is 14.0. The molecule has 0 bridgehead atoms. The summed E-state index contributed by atoms with van der Waals surface area (Å²) in [5.74, 6) is 1.09. The van der Waals surface area contributed by atoms with E-state index in [1.165, 1.54) is 4.88 Å². The lowest BCUT2D eigenvalue weighted by atomic mass is 10.2. The molecule has 0 aromatic carbocycles. The molecule has 2 aromatic heterocycles. The molecular formula is C16H24FN5O2S. The fourth-order valence-electron chi connectivity index (χ4n) is 3.17. The van der Waals surface area contributed by atoms with Crippen molar-refractivity contribution < 1.29 is 13.7 Å². The number of likely N-dealkylation sites (N-methyl/N-ethyl adjacent to an activating group) is 1. The Morgan fingerprint density at radius 3 is 3.08 bits per heavy atom. The minimum atomic E-state index is -0.773. The van der Waals surface area contributed by atoms with Gasteiger partial charge in [-0.3, -0.25) is 9.80 Å². The third kappa shape index (κ3) is 4.81. The van der Waals surface area contributed by atoms with Crippen LogP contribution in [0, 0.1) is 6.92 Å². The van der Waals surface area contributed by atoms with Crippen LogP contribution in [0.5, 0.6) is 0 Å². The van der Waals surface area contributed by atoms with Crippen molar-refractivity contribution in [2.24, 2.45) is 0 Å². The van der Waals surface area contributed by atoms with E-state index in [1.807, 2.05) is 19.5 Å². The number of thiazole rings is 1. The first-order chi connectivity index (χ1) is 12.0. The molecule has 0 saturated carbocycles. The minimum Gasteiger partial charge on any atom is -0.375 e. The molecule has 0 unspecified atom stereocenters. The summed E-state index contributed by atoms with van der Waals surface area (Å²) in [4.78, 5) is 14.1. The number of halogens is 1. The monoisotopic (exact) mass is 369 g/mol. The summed E-state index contributed by atoms with van der Waals surface area (Å²) < 4.78 is 24.1. The number of alkyl halides is 1. The maximum absolute atomic E-state index is 14.0. The molecule has 2 aromatic rings. The Morgan fingerprint density at radius 1 is 1.52 bits per heavy atom. The second kappa shape index (κ2) is 8.31. The van der Waals surface area contributed by atoms with Gasteiger partial charge in [-0.2, -0.15) is 4.98 Å². The van der Waals surface area contributed by atoms with Crippen LogP contribution in [0.15, 0.2) is 10.0 Å². The summed E-state index contributed by atoms with van der Waals surface area (Å²) in [5, 5.41) is 3.95. The average molecular weight is 369 g/mol. The molecule has 1 aliphatic heterocycles. The SMILES string of the molecule is COCc1nc(CN(C)C[C@@H]2C[C@H](F)CN2Cc2scnc2C)no1. The fraction of sp³-hybridized carbons (Fsp3) is 0.688. The first kappa shape index (κ1) is 18.4. The first-order valence-corrected chi connectivity index (χ1v) is 9.19. The molecule has 7 nitrogen and oxygen atoms in total. The molecule has 25 heavy (non-hydrogen) atoms. The van der Waals surface area contributed by atoms with Gasteiger partial charge in [0, 0.05) is 37.7 Å². The second-order valence-corrected chi connectivity index (χ2v) is 7.45. The first-order valence-electron chi connectivity index (χ1n) is 8.31. The smallest absolute Gasteiger partial charge is 0.252 e. The van der Waals surface area contributed by atoms with Crippen LogP contribution < -0.4 is 0 Å². The molecular weight excluding hydrogens is 345 g/mol. The topological polar surface area (TPSA) is 67.5 Å². The molecule has 0 amide bonds. The summed E-state index contributed by atoms with van der Waals surface area (Å²) in [6, 6.07) is 0.173. The number of hydrogen-bond acceptors (Lipinski definition) is 8. The zero-order valence-corrected chi connectivity index (χ0v) is 15.6. The average Bonchev–Trinajstić information content (AvgIpc) is 3.24. The minimum absolute atomic E-state index is 0.173. The Balaban J connectivity index is 1.56. The largest absolute Gasteiger partial charge is 0.375 e. The van der Waals surface area contributed by atoms with E-state index in [2.05, 4.69) is 24.9 Å². The van der Waals surface area contributed by atoms with Gasteiger partial charge in [-0.15, -0.1) is 11.3 Å². The van der Waals surface area contributed by atoms with Crippen molar-refractivity contribution in [3.8, 4) is 0 Å². The van der Waals surface area contributed by atoms with E-state index in [0.29, 0.717) is 37.8 Å². The van der Waals surface area contributed by atoms with Crippen LogP contribution >= 0.6 is 11.3 Å². The molecule has 0 spiro atoms. The Kier molecular flexibility index (Phi) is 6.10. The third-order valence-corrected chi connectivity index (χ3v) is 5.30. The van der Waals surface area contributed by atoms with E-state index < -0.39 is 6.17 Å². The van der Waals surface area contributed by atoms with Gasteiger partial charge in [-0.05, 0) is 20.4 Å². The van der Waals surface area contributed by atoms with Crippen molar-refractivity contribution in [3.63, 3.8) is 0 Å². The molecule has 138 valence electrons. The predicted octanol–water partition coefficient (Wildman–Crippen LogP) is 2.03. The van der Waals surface area contributed by atoms with E-state index in [4.69, 9.17) is 9.26 Å². The Bertz CT molecular complexity index is 679. The zero-order valence-electron chi connectivity index (χ0n) is 14.8. The summed E-state index contributed by atoms with van der Waals surface area (Å²) in [7, 11) is 3.58. The Hall–Kier alpha value is -1.42. The van der Waals surface area contributed by atoms with Crippen molar-refractivity contribution >= 4 is 11.3 Å². The van der Waals surface area contributed by atoms with Crippen molar-refractivity contribution in [1.82, 2.24) is 24.9 Å². The van der Waals surface area contributed by atoms with E-state index in [1.54, 1.807) is 18.4 Å². The predicted molar refractivity (Wildman–Crippen MR) is 91.9 cm³/mol. The molecule has 0 N–H and O–H groups in total. The highest BCUT2D eigenvalue weighted by atomic mass is 32.1. The highest BCUT2D eigenvalue weighted by molar-refractivity contribution is 7.09. The van der Waals surface area contributed by atoms with E-state index >= 15 is 0 Å². The number of methoxy groups -OCH3 is 1. The molecule has 3 rings (SSSR count).